The molecule has 4 nitrogen and oxygen atoms in total. The van der Waals surface area contributed by atoms with Crippen LogP contribution >= 0.6 is 11.6 Å². The van der Waals surface area contributed by atoms with Gasteiger partial charge in [-0.1, -0.05) is 17.7 Å². The molecule has 1 atom stereocenters. The van der Waals surface area contributed by atoms with Crippen molar-refractivity contribution in [2.75, 3.05) is 7.05 Å². The van der Waals surface area contributed by atoms with Crippen molar-refractivity contribution in [3.63, 3.8) is 0 Å². The van der Waals surface area contributed by atoms with Gasteiger partial charge in [0.1, 0.15) is 5.75 Å². The summed E-state index contributed by atoms with van der Waals surface area (Å²) in [6.07, 6.45) is -0.672. The number of halogens is 1. The minimum atomic E-state index is -0.672. The molecule has 0 saturated heterocycles. The van der Waals surface area contributed by atoms with Crippen molar-refractivity contribution in [1.29, 1.82) is 0 Å². The van der Waals surface area contributed by atoms with Crippen molar-refractivity contribution in [1.82, 2.24) is 5.32 Å². The number of benzene rings is 1. The zero-order chi connectivity index (χ0) is 12.1. The molecule has 5 heteroatoms. The van der Waals surface area contributed by atoms with Gasteiger partial charge in [-0.05, 0) is 26.1 Å². The highest BCUT2D eigenvalue weighted by Gasteiger charge is 2.14. The van der Waals surface area contributed by atoms with Gasteiger partial charge >= 0.3 is 0 Å². The number of carbonyl (C=O) groups is 1. The Morgan fingerprint density at radius 2 is 2.31 bits per heavy atom. The maximum absolute atomic E-state index is 10.9. The summed E-state index contributed by atoms with van der Waals surface area (Å²) in [5.74, 6) is 0.0727. The van der Waals surface area contributed by atoms with Gasteiger partial charge in [0.25, 0.3) is 5.91 Å². The minimum absolute atomic E-state index is 0.504. The standard InChI is InChI=1S/C11H15ClN2O2/c1-7(11(13)15)16-10-5-3-4-9(12)8(10)6-14-2/h3-5,7,14H,6H2,1-2H3,(H2,13,15). The van der Waals surface area contributed by atoms with E-state index >= 15 is 0 Å². The molecule has 1 rings (SSSR count). The molecule has 0 aliphatic heterocycles. The Balaban J connectivity index is 2.94. The molecule has 3 N–H and O–H groups in total. The van der Waals surface area contributed by atoms with Gasteiger partial charge in [-0.25, -0.2) is 0 Å². The van der Waals surface area contributed by atoms with Crippen molar-refractivity contribution in [3.05, 3.63) is 28.8 Å². The van der Waals surface area contributed by atoms with Crippen LogP contribution in [0.15, 0.2) is 18.2 Å². The van der Waals surface area contributed by atoms with E-state index in [0.717, 1.165) is 5.56 Å². The topological polar surface area (TPSA) is 64.3 Å². The molecule has 0 aliphatic carbocycles. The van der Waals surface area contributed by atoms with Gasteiger partial charge in [0.2, 0.25) is 0 Å². The molecule has 0 saturated carbocycles. The van der Waals surface area contributed by atoms with Crippen LogP contribution in [0.1, 0.15) is 12.5 Å². The lowest BCUT2D eigenvalue weighted by atomic mass is 10.2. The van der Waals surface area contributed by atoms with Gasteiger partial charge in [0, 0.05) is 17.1 Å². The van der Waals surface area contributed by atoms with Crippen LogP contribution in [0.4, 0.5) is 0 Å². The number of ether oxygens (including phenoxy) is 1. The Bertz CT molecular complexity index is 382. The van der Waals surface area contributed by atoms with E-state index in [4.69, 9.17) is 22.1 Å². The van der Waals surface area contributed by atoms with Crippen LogP contribution in [0.3, 0.4) is 0 Å². The molecule has 0 spiro atoms. The first kappa shape index (κ1) is 12.8. The fourth-order valence-electron chi connectivity index (χ4n) is 1.25. The van der Waals surface area contributed by atoms with Gasteiger partial charge in [0.05, 0.1) is 0 Å². The molecule has 88 valence electrons. The third kappa shape index (κ3) is 3.12. The van der Waals surface area contributed by atoms with E-state index < -0.39 is 12.0 Å². The quantitative estimate of drug-likeness (QED) is 0.818. The highest BCUT2D eigenvalue weighted by molar-refractivity contribution is 6.31. The van der Waals surface area contributed by atoms with E-state index in [9.17, 15) is 4.79 Å². The number of nitrogens with two attached hydrogens (primary N) is 1. The van der Waals surface area contributed by atoms with Crippen molar-refractivity contribution in [2.24, 2.45) is 5.73 Å². The van der Waals surface area contributed by atoms with Gasteiger partial charge in [-0.3, -0.25) is 4.79 Å². The Kier molecular flexibility index (Phi) is 4.58. The van der Waals surface area contributed by atoms with Crippen LogP contribution in [-0.4, -0.2) is 19.1 Å². The first-order valence-electron chi connectivity index (χ1n) is 4.94. The molecule has 1 amide bonds. The molecule has 0 heterocycles. The van der Waals surface area contributed by atoms with E-state index in [-0.39, 0.29) is 0 Å². The van der Waals surface area contributed by atoms with E-state index in [1.807, 2.05) is 7.05 Å². The third-order valence-electron chi connectivity index (χ3n) is 2.13. The van der Waals surface area contributed by atoms with Crippen molar-refractivity contribution in [3.8, 4) is 5.75 Å². The van der Waals surface area contributed by atoms with E-state index in [1.165, 1.54) is 0 Å². The number of primary amides is 1. The van der Waals surface area contributed by atoms with Crippen LogP contribution in [0.2, 0.25) is 5.02 Å². The van der Waals surface area contributed by atoms with Crippen LogP contribution in [0, 0.1) is 0 Å². The van der Waals surface area contributed by atoms with E-state index in [0.29, 0.717) is 17.3 Å². The highest BCUT2D eigenvalue weighted by atomic mass is 35.5. The Morgan fingerprint density at radius 1 is 1.62 bits per heavy atom. The second-order valence-electron chi connectivity index (χ2n) is 3.41. The van der Waals surface area contributed by atoms with Gasteiger partial charge in [0.15, 0.2) is 6.10 Å². The summed E-state index contributed by atoms with van der Waals surface area (Å²) in [6.45, 7) is 2.17. The molecule has 0 radical (unpaired) electrons. The van der Waals surface area contributed by atoms with Crippen molar-refractivity contribution < 1.29 is 9.53 Å². The Morgan fingerprint density at radius 3 is 2.88 bits per heavy atom. The fourth-order valence-corrected chi connectivity index (χ4v) is 1.48. The highest BCUT2D eigenvalue weighted by Crippen LogP contribution is 2.26. The van der Waals surface area contributed by atoms with Gasteiger partial charge in [-0.2, -0.15) is 0 Å². The second-order valence-corrected chi connectivity index (χ2v) is 3.82. The molecule has 1 unspecified atom stereocenters. The van der Waals surface area contributed by atoms with E-state index in [2.05, 4.69) is 5.32 Å². The van der Waals surface area contributed by atoms with Crippen molar-refractivity contribution >= 4 is 17.5 Å². The third-order valence-corrected chi connectivity index (χ3v) is 2.49. The maximum Gasteiger partial charge on any atom is 0.258 e. The molecule has 1 aromatic carbocycles. The smallest absolute Gasteiger partial charge is 0.258 e. The fraction of sp³-hybridized carbons (Fsp3) is 0.364. The monoisotopic (exact) mass is 242 g/mol. The summed E-state index contributed by atoms with van der Waals surface area (Å²) >= 11 is 6.04. The summed E-state index contributed by atoms with van der Waals surface area (Å²) < 4.78 is 5.44. The minimum Gasteiger partial charge on any atom is -0.481 e. The molecule has 1 aromatic rings. The number of carbonyl (C=O) groups excluding carboxylic acids is 1. The predicted octanol–water partition coefficient (Wildman–Crippen LogP) is 1.31. The van der Waals surface area contributed by atoms with Gasteiger partial charge in [-0.15, -0.1) is 0 Å². The lowest BCUT2D eigenvalue weighted by Crippen LogP contribution is -2.31. The zero-order valence-electron chi connectivity index (χ0n) is 9.29. The van der Waals surface area contributed by atoms with E-state index in [1.54, 1.807) is 25.1 Å². The van der Waals surface area contributed by atoms with Crippen LogP contribution in [-0.2, 0) is 11.3 Å². The lowest BCUT2D eigenvalue weighted by molar-refractivity contribution is -0.124. The number of amides is 1. The largest absolute Gasteiger partial charge is 0.481 e. The summed E-state index contributed by atoms with van der Waals surface area (Å²) in [6, 6.07) is 5.30. The molecule has 0 bridgehead atoms. The summed E-state index contributed by atoms with van der Waals surface area (Å²) in [4.78, 5) is 10.9. The normalized spacial score (nSPS) is 12.2. The van der Waals surface area contributed by atoms with Crippen LogP contribution < -0.4 is 15.8 Å². The van der Waals surface area contributed by atoms with Gasteiger partial charge < -0.3 is 15.8 Å². The molecular formula is C11H15ClN2O2. The zero-order valence-corrected chi connectivity index (χ0v) is 10.0. The maximum atomic E-state index is 10.9. The first-order valence-corrected chi connectivity index (χ1v) is 5.32. The van der Waals surface area contributed by atoms with Crippen LogP contribution in [0.5, 0.6) is 5.75 Å². The molecule has 0 fully saturated rings. The summed E-state index contributed by atoms with van der Waals surface area (Å²) in [5, 5.41) is 3.59. The van der Waals surface area contributed by atoms with Crippen molar-refractivity contribution in [2.45, 2.75) is 19.6 Å². The predicted molar refractivity (Wildman–Crippen MR) is 63.5 cm³/mol. The Labute approximate surface area is 99.7 Å². The lowest BCUT2D eigenvalue weighted by Gasteiger charge is -2.15. The number of hydrogen-bond donors (Lipinski definition) is 2. The molecule has 16 heavy (non-hydrogen) atoms. The molecule has 0 aromatic heterocycles. The summed E-state index contributed by atoms with van der Waals surface area (Å²) in [5.41, 5.74) is 5.95. The number of hydrogen-bond acceptors (Lipinski definition) is 3. The Hall–Kier alpha value is -1.26. The van der Waals surface area contributed by atoms with Crippen LogP contribution in [0.25, 0.3) is 0 Å². The summed E-state index contributed by atoms with van der Waals surface area (Å²) in [7, 11) is 1.81. The SMILES string of the molecule is CNCc1c(Cl)cccc1OC(C)C(N)=O. The average molecular weight is 243 g/mol. The molecular weight excluding hydrogens is 228 g/mol. The average Bonchev–Trinajstić information content (AvgIpc) is 2.23. The molecule has 0 aliphatic rings. The second kappa shape index (κ2) is 5.72. The first-order chi connectivity index (χ1) is 7.56. The number of nitrogens with one attached hydrogen (secondary N) is 1. The number of rotatable bonds is 5.